The highest BCUT2D eigenvalue weighted by Gasteiger charge is 1.92. The molecule has 0 aromatic heterocycles. The lowest BCUT2D eigenvalue weighted by Gasteiger charge is -1.98. The Morgan fingerprint density at radius 3 is 2.67 bits per heavy atom. The van der Waals surface area contributed by atoms with Gasteiger partial charge in [-0.05, 0) is 6.92 Å². The molecule has 0 unspecified atom stereocenters. The summed E-state index contributed by atoms with van der Waals surface area (Å²) >= 11 is 0. The van der Waals surface area contributed by atoms with E-state index in [-0.39, 0.29) is 6.61 Å². The highest BCUT2D eigenvalue weighted by molar-refractivity contribution is 5.56. The average Bonchev–Trinajstić information content (AvgIpc) is 1.80. The Morgan fingerprint density at radius 2 is 2.22 bits per heavy atom. The fourth-order valence-corrected chi connectivity index (χ4v) is 0.332. The Balaban J connectivity index is 2.83. The lowest BCUT2D eigenvalue weighted by molar-refractivity contribution is 0.0515. The lowest BCUT2D eigenvalue weighted by atomic mass is 10.7. The zero-order chi connectivity index (χ0) is 7.11. The Hall–Kier alpha value is -0.770. The normalized spacial score (nSPS) is 9.00. The first kappa shape index (κ1) is 8.23. The van der Waals surface area contributed by atoms with E-state index in [4.69, 9.17) is 9.84 Å². The van der Waals surface area contributed by atoms with Crippen molar-refractivity contribution in [1.82, 2.24) is 0 Å². The molecule has 9 heavy (non-hydrogen) atoms. The van der Waals surface area contributed by atoms with Crippen LogP contribution in [0.25, 0.3) is 0 Å². The third-order valence-electron chi connectivity index (χ3n) is 0.657. The summed E-state index contributed by atoms with van der Waals surface area (Å²) in [5, 5.41) is 7.94. The zero-order valence-electron chi connectivity index (χ0n) is 5.29. The summed E-state index contributed by atoms with van der Waals surface area (Å²) in [5.74, 6) is 0. The van der Waals surface area contributed by atoms with Crippen molar-refractivity contribution in [2.24, 2.45) is 0 Å². The van der Waals surface area contributed by atoms with Gasteiger partial charge in [-0.2, -0.15) is 0 Å². The molecule has 0 saturated heterocycles. The van der Waals surface area contributed by atoms with Crippen molar-refractivity contribution in [3.05, 3.63) is 0 Å². The van der Waals surface area contributed by atoms with Gasteiger partial charge in [0, 0.05) is 6.61 Å². The van der Waals surface area contributed by atoms with Crippen LogP contribution in [0.5, 0.6) is 0 Å². The maximum Gasteiger partial charge on any atom is 0.505 e. The molecule has 4 heteroatoms. The second kappa shape index (κ2) is 5.37. The molecule has 1 N–H and O–H groups in total. The molecule has 0 heterocycles. The highest BCUT2D eigenvalue weighted by Crippen LogP contribution is 1.77. The van der Waals surface area contributed by atoms with Crippen LogP contribution >= 0.6 is 0 Å². The van der Waals surface area contributed by atoms with Crippen LogP contribution in [0, 0.1) is 0 Å². The molecule has 0 atom stereocenters. The number of carboxylic acid groups (broad SMARTS) is 1. The molecule has 0 radical (unpaired) electrons. The maximum atomic E-state index is 9.68. The van der Waals surface area contributed by atoms with Crippen molar-refractivity contribution >= 4 is 6.16 Å². The van der Waals surface area contributed by atoms with Crippen LogP contribution in [0.2, 0.25) is 0 Å². The van der Waals surface area contributed by atoms with E-state index in [2.05, 4.69) is 4.74 Å². The molecular weight excluding hydrogens is 124 g/mol. The number of hydrogen-bond acceptors (Lipinski definition) is 3. The molecule has 0 amide bonds. The van der Waals surface area contributed by atoms with Crippen LogP contribution in [-0.4, -0.2) is 31.1 Å². The third-order valence-corrected chi connectivity index (χ3v) is 0.657. The molecule has 0 rings (SSSR count). The van der Waals surface area contributed by atoms with Crippen molar-refractivity contribution in [3.8, 4) is 0 Å². The molecule has 0 fully saturated rings. The number of carbonyl (C=O) groups is 1. The molecule has 0 aliphatic heterocycles. The summed E-state index contributed by atoms with van der Waals surface area (Å²) in [6.07, 6.45) is -1.25. The molecule has 0 bridgehead atoms. The van der Waals surface area contributed by atoms with Crippen molar-refractivity contribution in [1.29, 1.82) is 0 Å². The van der Waals surface area contributed by atoms with Gasteiger partial charge in [-0.3, -0.25) is 0 Å². The quantitative estimate of drug-likeness (QED) is 0.454. The predicted molar refractivity (Wildman–Crippen MR) is 30.5 cm³/mol. The fraction of sp³-hybridized carbons (Fsp3) is 0.800. The maximum absolute atomic E-state index is 9.68. The Morgan fingerprint density at radius 1 is 1.56 bits per heavy atom. The van der Waals surface area contributed by atoms with E-state index >= 15 is 0 Å². The van der Waals surface area contributed by atoms with Crippen LogP contribution in [0.4, 0.5) is 4.79 Å². The largest absolute Gasteiger partial charge is 0.505 e. The molecule has 4 nitrogen and oxygen atoms in total. The van der Waals surface area contributed by atoms with E-state index in [1.165, 1.54) is 0 Å². The second-order valence-corrected chi connectivity index (χ2v) is 1.31. The topological polar surface area (TPSA) is 55.8 Å². The minimum atomic E-state index is -1.25. The van der Waals surface area contributed by atoms with Gasteiger partial charge in [-0.25, -0.2) is 4.79 Å². The van der Waals surface area contributed by atoms with E-state index in [1.54, 1.807) is 0 Å². The summed E-state index contributed by atoms with van der Waals surface area (Å²) in [6, 6.07) is 0. The van der Waals surface area contributed by atoms with E-state index in [1.807, 2.05) is 6.92 Å². The first-order chi connectivity index (χ1) is 4.27. The molecular formula is C5H10O4. The van der Waals surface area contributed by atoms with E-state index < -0.39 is 6.16 Å². The second-order valence-electron chi connectivity index (χ2n) is 1.31. The molecule has 0 saturated carbocycles. The predicted octanol–water partition coefficient (Wildman–Crippen LogP) is 0.718. The van der Waals surface area contributed by atoms with Gasteiger partial charge >= 0.3 is 6.16 Å². The van der Waals surface area contributed by atoms with Gasteiger partial charge in [-0.15, -0.1) is 0 Å². The molecule has 0 aliphatic rings. The van der Waals surface area contributed by atoms with Crippen LogP contribution in [0.1, 0.15) is 6.92 Å². The summed E-state index contributed by atoms with van der Waals surface area (Å²) < 4.78 is 8.93. The van der Waals surface area contributed by atoms with Crippen molar-refractivity contribution in [3.63, 3.8) is 0 Å². The monoisotopic (exact) mass is 134 g/mol. The van der Waals surface area contributed by atoms with E-state index in [0.29, 0.717) is 13.2 Å². The first-order valence-electron chi connectivity index (χ1n) is 2.70. The van der Waals surface area contributed by atoms with Gasteiger partial charge in [0.25, 0.3) is 0 Å². The van der Waals surface area contributed by atoms with Gasteiger partial charge in [-0.1, -0.05) is 0 Å². The van der Waals surface area contributed by atoms with Crippen LogP contribution in [0.15, 0.2) is 0 Å². The van der Waals surface area contributed by atoms with Gasteiger partial charge in [0.2, 0.25) is 0 Å². The zero-order valence-corrected chi connectivity index (χ0v) is 5.29. The van der Waals surface area contributed by atoms with Crippen molar-refractivity contribution in [2.75, 3.05) is 19.8 Å². The molecule has 0 aliphatic carbocycles. The molecule has 0 aromatic rings. The van der Waals surface area contributed by atoms with Gasteiger partial charge in [0.05, 0.1) is 6.61 Å². The Bertz CT molecular complexity index is 81.0. The Kier molecular flexibility index (Phi) is 4.91. The molecule has 0 aromatic carbocycles. The van der Waals surface area contributed by atoms with Crippen molar-refractivity contribution < 1.29 is 19.4 Å². The van der Waals surface area contributed by atoms with Gasteiger partial charge < -0.3 is 14.6 Å². The van der Waals surface area contributed by atoms with Gasteiger partial charge in [0.1, 0.15) is 6.61 Å². The van der Waals surface area contributed by atoms with Crippen LogP contribution < -0.4 is 0 Å². The van der Waals surface area contributed by atoms with E-state index in [0.717, 1.165) is 0 Å². The van der Waals surface area contributed by atoms with Crippen LogP contribution in [0.3, 0.4) is 0 Å². The van der Waals surface area contributed by atoms with E-state index in [9.17, 15) is 4.79 Å². The standard InChI is InChI=1S/C5H10O4/c1-2-8-3-4-9-5(6)7/h2-4H2,1H3,(H,6,7). The summed E-state index contributed by atoms with van der Waals surface area (Å²) in [6.45, 7) is 2.87. The SMILES string of the molecule is CCOCCOC(=O)O. The minimum Gasteiger partial charge on any atom is -0.450 e. The van der Waals surface area contributed by atoms with Crippen LogP contribution in [-0.2, 0) is 9.47 Å². The number of hydrogen-bond donors (Lipinski definition) is 1. The minimum absolute atomic E-state index is 0.114. The molecule has 54 valence electrons. The molecule has 0 spiro atoms. The summed E-state index contributed by atoms with van der Waals surface area (Å²) in [5.41, 5.74) is 0. The number of rotatable bonds is 4. The Labute approximate surface area is 53.4 Å². The number of ether oxygens (including phenoxy) is 2. The lowest BCUT2D eigenvalue weighted by Crippen LogP contribution is -2.07. The average molecular weight is 134 g/mol. The highest BCUT2D eigenvalue weighted by atomic mass is 16.7. The van der Waals surface area contributed by atoms with Crippen molar-refractivity contribution in [2.45, 2.75) is 6.92 Å². The smallest absolute Gasteiger partial charge is 0.450 e. The van der Waals surface area contributed by atoms with Gasteiger partial charge in [0.15, 0.2) is 0 Å². The fourth-order valence-electron chi connectivity index (χ4n) is 0.332. The third kappa shape index (κ3) is 7.23. The summed E-state index contributed by atoms with van der Waals surface area (Å²) in [7, 11) is 0. The first-order valence-corrected chi connectivity index (χ1v) is 2.70. The summed E-state index contributed by atoms with van der Waals surface area (Å²) in [4.78, 5) is 9.68.